The van der Waals surface area contributed by atoms with Gasteiger partial charge in [0.25, 0.3) is 11.6 Å². The van der Waals surface area contributed by atoms with E-state index in [9.17, 15) is 14.9 Å². The van der Waals surface area contributed by atoms with Crippen molar-refractivity contribution in [2.24, 2.45) is 0 Å². The highest BCUT2D eigenvalue weighted by atomic mass is 16.6. The van der Waals surface area contributed by atoms with E-state index in [-0.39, 0.29) is 17.6 Å². The van der Waals surface area contributed by atoms with Crippen LogP contribution in [0.4, 0.5) is 5.69 Å². The minimum atomic E-state index is -0.439. The van der Waals surface area contributed by atoms with E-state index >= 15 is 0 Å². The lowest BCUT2D eigenvalue weighted by atomic mass is 9.93. The topological polar surface area (TPSA) is 68.4 Å². The summed E-state index contributed by atoms with van der Waals surface area (Å²) in [6, 6.07) is 18.6. The molecule has 1 aromatic heterocycles. The predicted octanol–water partition coefficient (Wildman–Crippen LogP) is 5.73. The summed E-state index contributed by atoms with van der Waals surface area (Å²) in [6.45, 7) is 3.41. The number of carbonyl (C=O) groups is 1. The molecule has 4 rings (SSSR count). The van der Waals surface area contributed by atoms with Crippen LogP contribution in [0.3, 0.4) is 0 Å². The molecule has 0 atom stereocenters. The van der Waals surface area contributed by atoms with Crippen molar-refractivity contribution in [2.45, 2.75) is 58.2 Å². The molecule has 2 aromatic carbocycles. The number of aryl methyl sites for hydroxylation is 1. The van der Waals surface area contributed by atoms with Gasteiger partial charge in [0, 0.05) is 42.2 Å². The van der Waals surface area contributed by atoms with Crippen molar-refractivity contribution >= 4 is 11.6 Å². The first-order chi connectivity index (χ1) is 15.5. The first-order valence-corrected chi connectivity index (χ1v) is 11.3. The average Bonchev–Trinajstić information content (AvgIpc) is 3.26. The van der Waals surface area contributed by atoms with Crippen LogP contribution < -0.4 is 0 Å². The molecule has 6 heteroatoms. The molecule has 0 bridgehead atoms. The van der Waals surface area contributed by atoms with Gasteiger partial charge in [-0.3, -0.25) is 14.9 Å². The van der Waals surface area contributed by atoms with Gasteiger partial charge in [0.05, 0.1) is 11.5 Å². The molecule has 32 heavy (non-hydrogen) atoms. The van der Waals surface area contributed by atoms with E-state index in [1.54, 1.807) is 12.1 Å². The van der Waals surface area contributed by atoms with Crippen LogP contribution in [0.1, 0.15) is 59.3 Å². The number of benzene rings is 2. The van der Waals surface area contributed by atoms with E-state index in [1.807, 2.05) is 17.0 Å². The Labute approximate surface area is 188 Å². The third-order valence-corrected chi connectivity index (χ3v) is 6.46. The van der Waals surface area contributed by atoms with E-state index in [2.05, 4.69) is 42.0 Å². The van der Waals surface area contributed by atoms with Crippen LogP contribution in [0.5, 0.6) is 0 Å². The van der Waals surface area contributed by atoms with Gasteiger partial charge in [-0.25, -0.2) is 0 Å². The number of aromatic nitrogens is 1. The molecule has 0 spiro atoms. The Hall–Kier alpha value is -3.41. The Balaban J connectivity index is 1.59. The fourth-order valence-electron chi connectivity index (χ4n) is 4.54. The Bertz CT molecular complexity index is 1080. The maximum Gasteiger partial charge on any atom is 0.269 e. The molecule has 1 fully saturated rings. The summed E-state index contributed by atoms with van der Waals surface area (Å²) in [4.78, 5) is 26.1. The van der Waals surface area contributed by atoms with Gasteiger partial charge in [-0.2, -0.15) is 0 Å². The summed E-state index contributed by atoms with van der Waals surface area (Å²) in [5.41, 5.74) is 4.10. The molecule has 0 unspecified atom stereocenters. The Morgan fingerprint density at radius 3 is 2.44 bits per heavy atom. The van der Waals surface area contributed by atoms with E-state index in [1.165, 1.54) is 29.7 Å². The Morgan fingerprint density at radius 2 is 1.75 bits per heavy atom. The number of hydrogen-bond donors (Lipinski definition) is 0. The molecule has 6 nitrogen and oxygen atoms in total. The van der Waals surface area contributed by atoms with Crippen LogP contribution in [-0.4, -0.2) is 26.3 Å². The lowest BCUT2D eigenvalue weighted by Crippen LogP contribution is -2.41. The minimum Gasteiger partial charge on any atom is -0.345 e. The quantitative estimate of drug-likeness (QED) is 0.354. The molecule has 0 radical (unpaired) electrons. The van der Waals surface area contributed by atoms with E-state index in [4.69, 9.17) is 0 Å². The van der Waals surface area contributed by atoms with Crippen LogP contribution in [0.2, 0.25) is 0 Å². The van der Waals surface area contributed by atoms with Crippen LogP contribution in [0.15, 0.2) is 66.9 Å². The third kappa shape index (κ3) is 4.90. The summed E-state index contributed by atoms with van der Waals surface area (Å²) in [6.07, 6.45) is 7.52. The number of nitro benzene ring substituents is 1. The van der Waals surface area contributed by atoms with Crippen molar-refractivity contribution in [1.29, 1.82) is 0 Å². The highest BCUT2D eigenvalue weighted by Crippen LogP contribution is 2.27. The Kier molecular flexibility index (Phi) is 6.69. The molecule has 1 aliphatic carbocycles. The van der Waals surface area contributed by atoms with Gasteiger partial charge in [0.1, 0.15) is 0 Å². The van der Waals surface area contributed by atoms with Crippen molar-refractivity contribution in [2.75, 3.05) is 0 Å². The van der Waals surface area contributed by atoms with Crippen molar-refractivity contribution < 1.29 is 9.72 Å². The number of non-ortho nitro benzene ring substituents is 1. The number of nitrogens with zero attached hydrogens (tertiary/aromatic N) is 3. The SMILES string of the molecule is Cc1ccccc1Cn1cccc1CN(C(=O)c1ccc([N+](=O)[O-])cc1)C1CCCCC1. The first-order valence-electron chi connectivity index (χ1n) is 11.3. The molecule has 3 aromatic rings. The number of hydrogen-bond acceptors (Lipinski definition) is 3. The molecule has 0 aliphatic heterocycles. The average molecular weight is 432 g/mol. The largest absolute Gasteiger partial charge is 0.345 e. The van der Waals surface area contributed by atoms with Crippen LogP contribution in [-0.2, 0) is 13.1 Å². The zero-order valence-electron chi connectivity index (χ0n) is 18.4. The van der Waals surface area contributed by atoms with Gasteiger partial charge in [-0.15, -0.1) is 0 Å². The molecular weight excluding hydrogens is 402 g/mol. The summed E-state index contributed by atoms with van der Waals surface area (Å²) in [5.74, 6) is -0.0598. The van der Waals surface area contributed by atoms with Crippen molar-refractivity contribution in [3.05, 3.63) is 99.4 Å². The third-order valence-electron chi connectivity index (χ3n) is 6.46. The lowest BCUT2D eigenvalue weighted by molar-refractivity contribution is -0.384. The summed E-state index contributed by atoms with van der Waals surface area (Å²) in [7, 11) is 0. The number of amides is 1. The molecular formula is C26H29N3O3. The molecule has 0 saturated heterocycles. The number of carbonyl (C=O) groups excluding carboxylic acids is 1. The molecule has 0 N–H and O–H groups in total. The summed E-state index contributed by atoms with van der Waals surface area (Å²) >= 11 is 0. The number of rotatable bonds is 7. The van der Waals surface area contributed by atoms with E-state index in [0.29, 0.717) is 12.1 Å². The fourth-order valence-corrected chi connectivity index (χ4v) is 4.54. The smallest absolute Gasteiger partial charge is 0.269 e. The van der Waals surface area contributed by atoms with Gasteiger partial charge < -0.3 is 9.47 Å². The molecule has 1 saturated carbocycles. The minimum absolute atomic E-state index is 0.00197. The molecule has 166 valence electrons. The van der Waals surface area contributed by atoms with Gasteiger partial charge in [0.2, 0.25) is 0 Å². The van der Waals surface area contributed by atoms with Gasteiger partial charge >= 0.3 is 0 Å². The first kappa shape index (κ1) is 21.8. The standard InChI is InChI=1S/C26H29N3O3/c1-20-8-5-6-9-22(20)18-27-17-7-12-25(27)19-28(23-10-3-2-4-11-23)26(30)21-13-15-24(16-14-21)29(31)32/h5-9,12-17,23H,2-4,10-11,18-19H2,1H3. The van der Waals surface area contributed by atoms with Crippen LogP contribution in [0, 0.1) is 17.0 Å². The van der Waals surface area contributed by atoms with E-state index in [0.717, 1.165) is 37.9 Å². The van der Waals surface area contributed by atoms with Crippen molar-refractivity contribution in [3.8, 4) is 0 Å². The zero-order chi connectivity index (χ0) is 22.5. The second kappa shape index (κ2) is 9.81. The predicted molar refractivity (Wildman–Crippen MR) is 125 cm³/mol. The van der Waals surface area contributed by atoms with Crippen molar-refractivity contribution in [3.63, 3.8) is 0 Å². The maximum absolute atomic E-state index is 13.5. The second-order valence-electron chi connectivity index (χ2n) is 8.58. The zero-order valence-corrected chi connectivity index (χ0v) is 18.4. The highest BCUT2D eigenvalue weighted by Gasteiger charge is 2.27. The molecule has 1 aliphatic rings. The summed E-state index contributed by atoms with van der Waals surface area (Å²) in [5, 5.41) is 11.0. The monoisotopic (exact) mass is 431 g/mol. The molecule has 1 heterocycles. The van der Waals surface area contributed by atoms with Gasteiger partial charge in [0.15, 0.2) is 0 Å². The Morgan fingerprint density at radius 1 is 1.03 bits per heavy atom. The highest BCUT2D eigenvalue weighted by molar-refractivity contribution is 5.94. The summed E-state index contributed by atoms with van der Waals surface area (Å²) < 4.78 is 2.21. The van der Waals surface area contributed by atoms with Gasteiger partial charge in [-0.05, 0) is 55.2 Å². The van der Waals surface area contributed by atoms with Crippen molar-refractivity contribution in [1.82, 2.24) is 9.47 Å². The van der Waals surface area contributed by atoms with Crippen LogP contribution >= 0.6 is 0 Å². The van der Waals surface area contributed by atoms with E-state index < -0.39 is 4.92 Å². The second-order valence-corrected chi connectivity index (χ2v) is 8.58. The number of nitro groups is 1. The van der Waals surface area contributed by atoms with Gasteiger partial charge in [-0.1, -0.05) is 43.5 Å². The normalized spacial score (nSPS) is 14.3. The molecule has 1 amide bonds. The maximum atomic E-state index is 13.5. The lowest BCUT2D eigenvalue weighted by Gasteiger charge is -2.35. The fraction of sp³-hybridized carbons (Fsp3) is 0.346. The van der Waals surface area contributed by atoms with Crippen LogP contribution in [0.25, 0.3) is 0 Å².